The van der Waals surface area contributed by atoms with Crippen LogP contribution < -0.4 is 5.32 Å². The highest BCUT2D eigenvalue weighted by molar-refractivity contribution is 5.92. The highest BCUT2D eigenvalue weighted by atomic mass is 16.1. The van der Waals surface area contributed by atoms with E-state index in [4.69, 9.17) is 0 Å². The van der Waals surface area contributed by atoms with E-state index in [-0.39, 0.29) is 11.9 Å². The van der Waals surface area contributed by atoms with Crippen molar-refractivity contribution in [1.29, 1.82) is 0 Å². The SMILES string of the molecule is C=C(C)C(=O)NC(C)CN(C)C. The van der Waals surface area contributed by atoms with Crippen molar-refractivity contribution in [3.63, 3.8) is 0 Å². The van der Waals surface area contributed by atoms with E-state index in [1.807, 2.05) is 25.9 Å². The summed E-state index contributed by atoms with van der Waals surface area (Å²) in [4.78, 5) is 13.1. The molecule has 12 heavy (non-hydrogen) atoms. The first kappa shape index (κ1) is 11.2. The number of carbonyl (C=O) groups is 1. The van der Waals surface area contributed by atoms with Gasteiger partial charge in [-0.25, -0.2) is 0 Å². The Hall–Kier alpha value is -0.830. The second-order valence-corrected chi connectivity index (χ2v) is 3.42. The van der Waals surface area contributed by atoms with Crippen LogP contribution in [-0.4, -0.2) is 37.5 Å². The first-order valence-corrected chi connectivity index (χ1v) is 4.04. The van der Waals surface area contributed by atoms with Crippen LogP contribution in [0.4, 0.5) is 0 Å². The van der Waals surface area contributed by atoms with Gasteiger partial charge in [0, 0.05) is 18.2 Å². The van der Waals surface area contributed by atoms with Gasteiger partial charge in [-0.2, -0.15) is 0 Å². The smallest absolute Gasteiger partial charge is 0.246 e. The van der Waals surface area contributed by atoms with Gasteiger partial charge in [-0.05, 0) is 27.9 Å². The maximum absolute atomic E-state index is 11.1. The van der Waals surface area contributed by atoms with E-state index < -0.39 is 0 Å². The van der Waals surface area contributed by atoms with Gasteiger partial charge in [0.25, 0.3) is 0 Å². The minimum absolute atomic E-state index is 0.0654. The molecule has 0 aliphatic heterocycles. The van der Waals surface area contributed by atoms with Crippen molar-refractivity contribution < 1.29 is 4.79 Å². The topological polar surface area (TPSA) is 32.3 Å². The van der Waals surface area contributed by atoms with Crippen LogP contribution in [0.5, 0.6) is 0 Å². The lowest BCUT2D eigenvalue weighted by atomic mass is 10.2. The van der Waals surface area contributed by atoms with Gasteiger partial charge in [-0.3, -0.25) is 4.79 Å². The van der Waals surface area contributed by atoms with Crippen molar-refractivity contribution in [3.8, 4) is 0 Å². The predicted octanol–water partition coefficient (Wildman–Crippen LogP) is 0.629. The van der Waals surface area contributed by atoms with Crippen molar-refractivity contribution in [3.05, 3.63) is 12.2 Å². The van der Waals surface area contributed by atoms with Crippen LogP contribution >= 0.6 is 0 Å². The molecule has 70 valence electrons. The van der Waals surface area contributed by atoms with Crippen LogP contribution in [0.3, 0.4) is 0 Å². The Labute approximate surface area is 74.4 Å². The summed E-state index contributed by atoms with van der Waals surface area (Å²) in [6.07, 6.45) is 0. The summed E-state index contributed by atoms with van der Waals surface area (Å²) in [5.74, 6) is -0.0654. The molecule has 1 amide bonds. The van der Waals surface area contributed by atoms with Crippen LogP contribution in [-0.2, 0) is 4.79 Å². The summed E-state index contributed by atoms with van der Waals surface area (Å²) in [7, 11) is 3.95. The third-order valence-corrected chi connectivity index (χ3v) is 1.40. The van der Waals surface area contributed by atoms with Crippen molar-refractivity contribution >= 4 is 5.91 Å². The lowest BCUT2D eigenvalue weighted by Crippen LogP contribution is -2.39. The van der Waals surface area contributed by atoms with E-state index in [1.54, 1.807) is 6.92 Å². The molecule has 0 rings (SSSR count). The van der Waals surface area contributed by atoms with E-state index in [0.29, 0.717) is 5.57 Å². The average molecular weight is 170 g/mol. The molecular formula is C9H18N2O. The number of amides is 1. The second kappa shape index (κ2) is 4.93. The predicted molar refractivity (Wildman–Crippen MR) is 51.0 cm³/mol. The van der Waals surface area contributed by atoms with Crippen LogP contribution in [0.2, 0.25) is 0 Å². The lowest BCUT2D eigenvalue weighted by Gasteiger charge is -2.18. The molecule has 1 N–H and O–H groups in total. The van der Waals surface area contributed by atoms with Crippen molar-refractivity contribution in [2.45, 2.75) is 19.9 Å². The highest BCUT2D eigenvalue weighted by Gasteiger charge is 2.07. The maximum Gasteiger partial charge on any atom is 0.246 e. The Bertz CT molecular complexity index is 175. The van der Waals surface area contributed by atoms with Gasteiger partial charge >= 0.3 is 0 Å². The zero-order chi connectivity index (χ0) is 9.72. The average Bonchev–Trinajstić information content (AvgIpc) is 1.84. The Morgan fingerprint density at radius 3 is 2.42 bits per heavy atom. The van der Waals surface area contributed by atoms with E-state index in [2.05, 4.69) is 11.9 Å². The molecule has 0 radical (unpaired) electrons. The van der Waals surface area contributed by atoms with Gasteiger partial charge in [-0.1, -0.05) is 6.58 Å². The van der Waals surface area contributed by atoms with Gasteiger partial charge in [0.2, 0.25) is 5.91 Å². The lowest BCUT2D eigenvalue weighted by molar-refractivity contribution is -0.118. The summed E-state index contributed by atoms with van der Waals surface area (Å²) >= 11 is 0. The van der Waals surface area contributed by atoms with E-state index >= 15 is 0 Å². The molecule has 0 aromatic heterocycles. The van der Waals surface area contributed by atoms with Crippen LogP contribution in [0.1, 0.15) is 13.8 Å². The molecule has 0 saturated heterocycles. The maximum atomic E-state index is 11.1. The molecule has 0 bridgehead atoms. The Morgan fingerprint density at radius 2 is 2.08 bits per heavy atom. The fourth-order valence-electron chi connectivity index (χ4n) is 0.940. The van der Waals surface area contributed by atoms with Gasteiger partial charge in [-0.15, -0.1) is 0 Å². The number of hydrogen-bond donors (Lipinski definition) is 1. The minimum atomic E-state index is -0.0654. The first-order valence-electron chi connectivity index (χ1n) is 4.04. The molecule has 0 fully saturated rings. The third-order valence-electron chi connectivity index (χ3n) is 1.40. The van der Waals surface area contributed by atoms with Crippen LogP contribution in [0, 0.1) is 0 Å². The number of hydrogen-bond acceptors (Lipinski definition) is 2. The van der Waals surface area contributed by atoms with Crippen LogP contribution in [0.15, 0.2) is 12.2 Å². The van der Waals surface area contributed by atoms with Gasteiger partial charge in [0.15, 0.2) is 0 Å². The standard InChI is InChI=1S/C9H18N2O/c1-7(2)9(12)10-8(3)6-11(4)5/h8H,1,6H2,2-5H3,(H,10,12). The van der Waals surface area contributed by atoms with Crippen molar-refractivity contribution in [2.75, 3.05) is 20.6 Å². The van der Waals surface area contributed by atoms with E-state index in [0.717, 1.165) is 6.54 Å². The molecule has 0 heterocycles. The molecule has 0 aromatic rings. The monoisotopic (exact) mass is 170 g/mol. The Kier molecular flexibility index (Phi) is 4.59. The molecule has 3 nitrogen and oxygen atoms in total. The van der Waals surface area contributed by atoms with E-state index in [1.165, 1.54) is 0 Å². The number of rotatable bonds is 4. The van der Waals surface area contributed by atoms with Crippen LogP contribution in [0.25, 0.3) is 0 Å². The molecule has 0 aliphatic rings. The molecule has 0 aliphatic carbocycles. The summed E-state index contributed by atoms with van der Waals surface area (Å²) in [5.41, 5.74) is 0.556. The highest BCUT2D eigenvalue weighted by Crippen LogP contribution is 1.90. The van der Waals surface area contributed by atoms with Crippen molar-refractivity contribution in [1.82, 2.24) is 10.2 Å². The third kappa shape index (κ3) is 4.91. The zero-order valence-electron chi connectivity index (χ0n) is 8.35. The fraction of sp³-hybridized carbons (Fsp3) is 0.667. The molecule has 1 unspecified atom stereocenters. The van der Waals surface area contributed by atoms with Gasteiger partial charge in [0.05, 0.1) is 0 Å². The largest absolute Gasteiger partial charge is 0.349 e. The van der Waals surface area contributed by atoms with Gasteiger partial charge < -0.3 is 10.2 Å². The molecule has 3 heteroatoms. The molecule has 1 atom stereocenters. The fourth-order valence-corrected chi connectivity index (χ4v) is 0.940. The summed E-state index contributed by atoms with van der Waals surface area (Å²) in [5, 5.41) is 2.83. The number of nitrogens with one attached hydrogen (secondary N) is 1. The first-order chi connectivity index (χ1) is 5.43. The summed E-state index contributed by atoms with van der Waals surface area (Å²) in [6, 6.07) is 0.171. The Morgan fingerprint density at radius 1 is 1.58 bits per heavy atom. The number of carbonyl (C=O) groups excluding carboxylic acids is 1. The molecule has 0 spiro atoms. The number of nitrogens with zero attached hydrogens (tertiary/aromatic N) is 1. The Balaban J connectivity index is 3.76. The normalized spacial score (nSPS) is 12.8. The summed E-state index contributed by atoms with van der Waals surface area (Å²) in [6.45, 7) is 8.09. The van der Waals surface area contributed by atoms with E-state index in [9.17, 15) is 4.79 Å². The minimum Gasteiger partial charge on any atom is -0.349 e. The van der Waals surface area contributed by atoms with Gasteiger partial charge in [0.1, 0.15) is 0 Å². The number of likely N-dealkylation sites (N-methyl/N-ethyl adjacent to an activating group) is 1. The zero-order valence-corrected chi connectivity index (χ0v) is 8.35. The molecular weight excluding hydrogens is 152 g/mol. The van der Waals surface area contributed by atoms with Crippen molar-refractivity contribution in [2.24, 2.45) is 0 Å². The second-order valence-electron chi connectivity index (χ2n) is 3.42. The molecule has 0 aromatic carbocycles. The molecule has 0 saturated carbocycles. The summed E-state index contributed by atoms with van der Waals surface area (Å²) < 4.78 is 0. The quantitative estimate of drug-likeness (QED) is 0.628.